The number of likely N-dealkylation sites (tertiary alicyclic amines) is 1. The molecule has 65 heavy (non-hydrogen) atoms. The van der Waals surface area contributed by atoms with Gasteiger partial charge in [0.1, 0.15) is 34.6 Å². The lowest BCUT2D eigenvalue weighted by Gasteiger charge is -2.42. The van der Waals surface area contributed by atoms with Crippen LogP contribution in [0.4, 0.5) is 16.3 Å². The summed E-state index contributed by atoms with van der Waals surface area (Å²) in [6, 6.07) is 21.6. The number of carbonyl (C=O) groups is 6. The Bertz CT molecular complexity index is 2500. The molecule has 1 aromatic heterocycles. The molecule has 0 aliphatic carbocycles. The van der Waals surface area contributed by atoms with E-state index in [1.165, 1.54) is 0 Å². The molecule has 10 rings (SSSR count). The molecule has 17 nitrogen and oxygen atoms in total. The third-order valence-corrected chi connectivity index (χ3v) is 14.2. The molecule has 338 valence electrons. The number of hydrogen-bond acceptors (Lipinski definition) is 11. The van der Waals surface area contributed by atoms with Crippen molar-refractivity contribution >= 4 is 47.1 Å². The van der Waals surface area contributed by atoms with E-state index in [-0.39, 0.29) is 30.5 Å². The van der Waals surface area contributed by atoms with Gasteiger partial charge >= 0.3 is 6.03 Å². The number of ether oxygens (including phenoxy) is 1. The molecule has 0 saturated carbocycles. The molecule has 4 saturated heterocycles. The van der Waals surface area contributed by atoms with Crippen molar-refractivity contribution in [1.29, 1.82) is 0 Å². The van der Waals surface area contributed by atoms with E-state index >= 15 is 0 Å². The highest BCUT2D eigenvalue weighted by Crippen LogP contribution is 2.41. The predicted octanol–water partition coefficient (Wildman–Crippen LogP) is 4.57. The number of benzene rings is 3. The van der Waals surface area contributed by atoms with Crippen molar-refractivity contribution in [3.8, 4) is 22.8 Å². The first-order chi connectivity index (χ1) is 31.6. The van der Waals surface area contributed by atoms with Crippen LogP contribution in [-0.4, -0.2) is 136 Å². The van der Waals surface area contributed by atoms with E-state index in [9.17, 15) is 28.8 Å². The maximum absolute atomic E-state index is 13.8. The molecule has 4 aromatic rings. The fourth-order valence-corrected chi connectivity index (χ4v) is 10.7. The second-order valence-corrected chi connectivity index (χ2v) is 18.1. The molecule has 4 fully saturated rings. The van der Waals surface area contributed by atoms with Gasteiger partial charge < -0.3 is 30.5 Å². The van der Waals surface area contributed by atoms with Crippen molar-refractivity contribution in [1.82, 2.24) is 34.7 Å². The standard InChI is InChI=1S/C48H54N10O7/c49-43(60)41-42(32-6-9-35(10-7-32)65-34-4-2-1-3-5-34)52-58-38(14-19-50-44(41)58)31-17-22-55(23-18-31)48(64)56-26-24-53(25-27-56)29-30-15-20-54(21-16-30)33-8-11-36-37(28-33)47(63)57(46(36)62)39-12-13-40(59)51-45(39)61/h1-11,28,30-31,38-39,50H,12-27,29H2,(H2,49,60)(H,51,59,61)/t38-,39?/m0/s1. The zero-order valence-electron chi connectivity index (χ0n) is 36.3. The van der Waals surface area contributed by atoms with Crippen LogP contribution >= 0.6 is 0 Å². The molecular formula is C48H54N10O7. The number of anilines is 2. The van der Waals surface area contributed by atoms with Gasteiger partial charge in [0.15, 0.2) is 0 Å². The van der Waals surface area contributed by atoms with Crippen LogP contribution in [0.1, 0.15) is 82.1 Å². The number of nitrogens with zero attached hydrogens (tertiary/aromatic N) is 7. The summed E-state index contributed by atoms with van der Waals surface area (Å²) >= 11 is 0. The first kappa shape index (κ1) is 42.2. The maximum atomic E-state index is 13.8. The Morgan fingerprint density at radius 1 is 0.738 bits per heavy atom. The lowest BCUT2D eigenvalue weighted by Crippen LogP contribution is -2.55. The highest BCUT2D eigenvalue weighted by atomic mass is 16.5. The van der Waals surface area contributed by atoms with Crippen LogP contribution in [0.15, 0.2) is 72.8 Å². The number of piperazine rings is 1. The van der Waals surface area contributed by atoms with Gasteiger partial charge in [0.2, 0.25) is 11.8 Å². The minimum Gasteiger partial charge on any atom is -0.457 e. The third kappa shape index (κ3) is 8.28. The summed E-state index contributed by atoms with van der Waals surface area (Å²) in [5, 5.41) is 10.7. The number of amides is 7. The van der Waals surface area contributed by atoms with Crippen LogP contribution in [0.3, 0.4) is 0 Å². The van der Waals surface area contributed by atoms with Crippen LogP contribution in [0, 0.1) is 11.8 Å². The second-order valence-electron chi connectivity index (χ2n) is 18.1. The lowest BCUT2D eigenvalue weighted by molar-refractivity contribution is -0.136. The molecular weight excluding hydrogens is 829 g/mol. The Labute approximate surface area is 376 Å². The number of hydrogen-bond donors (Lipinski definition) is 3. The number of urea groups is 1. The molecule has 0 bridgehead atoms. The first-order valence-electron chi connectivity index (χ1n) is 23.0. The van der Waals surface area contributed by atoms with Crippen molar-refractivity contribution in [3.63, 3.8) is 0 Å². The largest absolute Gasteiger partial charge is 0.457 e. The Hall–Kier alpha value is -6.75. The molecule has 3 aromatic carbocycles. The zero-order chi connectivity index (χ0) is 44.8. The van der Waals surface area contributed by atoms with Gasteiger partial charge in [-0.2, -0.15) is 5.10 Å². The van der Waals surface area contributed by atoms with Crippen LogP contribution < -0.4 is 26.0 Å². The van der Waals surface area contributed by atoms with E-state index in [0.29, 0.717) is 72.9 Å². The molecule has 17 heteroatoms. The molecule has 6 aliphatic heterocycles. The van der Waals surface area contributed by atoms with Crippen LogP contribution in [-0.2, 0) is 9.59 Å². The van der Waals surface area contributed by atoms with Crippen molar-refractivity contribution in [3.05, 3.63) is 89.5 Å². The van der Waals surface area contributed by atoms with E-state index < -0.39 is 35.6 Å². The SMILES string of the molecule is NC(=O)c1c(-c2ccc(Oc3ccccc3)cc2)nn2c1NCC[C@H]2C1CCN(C(=O)N2CCN(CC3CCN(c4ccc5c(c4)C(=O)N(C4CCC(=O)NC4=O)C5=O)CC3)CC2)CC1. The van der Waals surface area contributed by atoms with E-state index in [1.54, 1.807) is 12.1 Å². The number of nitrogens with one attached hydrogen (secondary N) is 2. The first-order valence-corrected chi connectivity index (χ1v) is 23.0. The number of primary amides is 1. The minimum atomic E-state index is -0.982. The molecule has 4 N–H and O–H groups in total. The van der Waals surface area contributed by atoms with Crippen LogP contribution in [0.5, 0.6) is 11.5 Å². The summed E-state index contributed by atoms with van der Waals surface area (Å²) in [4.78, 5) is 87.1. The molecule has 7 heterocycles. The Balaban J connectivity index is 0.690. The van der Waals surface area contributed by atoms with Gasteiger partial charge in [0.05, 0.1) is 17.2 Å². The number of para-hydroxylation sites is 1. The maximum Gasteiger partial charge on any atom is 0.320 e. The molecule has 6 aliphatic rings. The third-order valence-electron chi connectivity index (χ3n) is 14.2. The number of fused-ring (bicyclic) bond motifs is 2. The lowest BCUT2D eigenvalue weighted by atomic mass is 9.87. The molecule has 0 spiro atoms. The fraction of sp³-hybridized carbons (Fsp3) is 0.438. The molecule has 1 unspecified atom stereocenters. The molecule has 7 amide bonds. The number of imide groups is 2. The van der Waals surface area contributed by atoms with Gasteiger partial charge in [-0.05, 0) is 105 Å². The second kappa shape index (κ2) is 17.7. The van der Waals surface area contributed by atoms with Crippen LogP contribution in [0.25, 0.3) is 11.3 Å². The number of aromatic nitrogens is 2. The average Bonchev–Trinajstić information content (AvgIpc) is 3.84. The van der Waals surface area contributed by atoms with Crippen LogP contribution in [0.2, 0.25) is 0 Å². The summed E-state index contributed by atoms with van der Waals surface area (Å²) in [5.41, 5.74) is 9.17. The molecule has 0 radical (unpaired) electrons. The smallest absolute Gasteiger partial charge is 0.320 e. The van der Waals surface area contributed by atoms with Crippen molar-refractivity contribution in [2.75, 3.05) is 75.7 Å². The van der Waals surface area contributed by atoms with Gasteiger partial charge in [0, 0.05) is 83.1 Å². The molecule has 2 atom stereocenters. The van der Waals surface area contributed by atoms with E-state index in [1.807, 2.05) is 75.1 Å². The Morgan fingerprint density at radius 3 is 2.14 bits per heavy atom. The number of carbonyl (C=O) groups excluding carboxylic acids is 6. The van der Waals surface area contributed by atoms with Crippen molar-refractivity contribution in [2.24, 2.45) is 17.6 Å². The van der Waals surface area contributed by atoms with Crippen molar-refractivity contribution < 1.29 is 33.5 Å². The van der Waals surface area contributed by atoms with Gasteiger partial charge in [0.25, 0.3) is 17.7 Å². The topological polar surface area (TPSA) is 196 Å². The van der Waals surface area contributed by atoms with Gasteiger partial charge in [-0.1, -0.05) is 18.2 Å². The highest BCUT2D eigenvalue weighted by Gasteiger charge is 2.45. The average molecular weight is 883 g/mol. The van der Waals surface area contributed by atoms with Gasteiger partial charge in [-0.3, -0.25) is 39.1 Å². The van der Waals surface area contributed by atoms with E-state index in [4.69, 9.17) is 15.6 Å². The van der Waals surface area contributed by atoms with E-state index in [0.717, 1.165) is 86.7 Å². The summed E-state index contributed by atoms with van der Waals surface area (Å²) in [5.74, 6) is 0.352. The quantitative estimate of drug-likeness (QED) is 0.200. The summed E-state index contributed by atoms with van der Waals surface area (Å²) in [6.07, 6.45) is 4.75. The monoisotopic (exact) mass is 882 g/mol. The van der Waals surface area contributed by atoms with Gasteiger partial charge in [-0.15, -0.1) is 0 Å². The fourth-order valence-electron chi connectivity index (χ4n) is 10.7. The summed E-state index contributed by atoms with van der Waals surface area (Å²) in [7, 11) is 0. The van der Waals surface area contributed by atoms with E-state index in [2.05, 4.69) is 20.4 Å². The minimum absolute atomic E-state index is 0.0764. The predicted molar refractivity (Wildman–Crippen MR) is 241 cm³/mol. The highest BCUT2D eigenvalue weighted by molar-refractivity contribution is 6.23. The number of nitrogens with two attached hydrogens (primary N) is 1. The number of rotatable bonds is 9. The summed E-state index contributed by atoms with van der Waals surface area (Å²) < 4.78 is 7.95. The summed E-state index contributed by atoms with van der Waals surface area (Å²) in [6.45, 7) is 7.72. The number of piperidine rings is 3. The zero-order valence-corrected chi connectivity index (χ0v) is 36.3. The Morgan fingerprint density at radius 2 is 1.43 bits per heavy atom. The van der Waals surface area contributed by atoms with Crippen molar-refractivity contribution in [2.45, 2.75) is 57.0 Å². The Kier molecular flexibility index (Phi) is 11.5. The van der Waals surface area contributed by atoms with Gasteiger partial charge in [-0.25, -0.2) is 9.48 Å². The normalized spacial score (nSPS) is 22.1.